The molecule has 16 heteroatoms. The van der Waals surface area contributed by atoms with Crippen LogP contribution in [0.4, 0.5) is 5.69 Å². The molecule has 6 atom stereocenters. The van der Waals surface area contributed by atoms with Crippen molar-refractivity contribution in [1.82, 2.24) is 20.9 Å². The lowest BCUT2D eigenvalue weighted by atomic mass is 9.86. The third-order valence-electron chi connectivity index (χ3n) is 11.8. The molecule has 7 N–H and O–H groups in total. The van der Waals surface area contributed by atoms with E-state index in [0.29, 0.717) is 45.4 Å². The van der Waals surface area contributed by atoms with Gasteiger partial charge in [0.2, 0.25) is 0 Å². The third-order valence-corrected chi connectivity index (χ3v) is 11.8. The SMILES string of the molecule is Cl.Cl.Cl.Cl.Cl.O=C(O)C(Cc1cccc(CN(CCNc2cccc(CC(C(=O)O)[C@H]3CCNC3)c2)Cc2cccc(CC(C(=O)O)[C@H]3CCNC3)c2)c1)[C@H]1CCNC1. The minimum Gasteiger partial charge on any atom is -0.481 e. The molecular weight excluding hydrogens is 860 g/mol. The van der Waals surface area contributed by atoms with Gasteiger partial charge in [-0.3, -0.25) is 19.3 Å². The van der Waals surface area contributed by atoms with Gasteiger partial charge in [-0.05, 0) is 135 Å². The van der Waals surface area contributed by atoms with Crippen molar-refractivity contribution < 1.29 is 29.7 Å². The van der Waals surface area contributed by atoms with E-state index in [0.717, 1.165) is 92.0 Å². The van der Waals surface area contributed by atoms with Crippen LogP contribution in [0.15, 0.2) is 72.8 Å². The predicted molar refractivity (Wildman–Crippen MR) is 246 cm³/mol. The van der Waals surface area contributed by atoms with Gasteiger partial charge in [-0.2, -0.15) is 0 Å². The molecular formula is C43H62Cl5N5O6. The smallest absolute Gasteiger partial charge is 0.307 e. The van der Waals surface area contributed by atoms with E-state index in [-0.39, 0.29) is 79.8 Å². The molecule has 3 aliphatic rings. The number of benzene rings is 3. The van der Waals surface area contributed by atoms with Crippen molar-refractivity contribution in [3.63, 3.8) is 0 Å². The lowest BCUT2D eigenvalue weighted by Crippen LogP contribution is -2.29. The van der Waals surface area contributed by atoms with Crippen LogP contribution in [-0.4, -0.2) is 90.5 Å². The first-order valence-electron chi connectivity index (χ1n) is 19.7. The molecule has 0 saturated carbocycles. The summed E-state index contributed by atoms with van der Waals surface area (Å²) < 4.78 is 0. The van der Waals surface area contributed by atoms with Gasteiger partial charge < -0.3 is 36.6 Å². The second kappa shape index (κ2) is 27.2. The molecule has 3 aliphatic heterocycles. The van der Waals surface area contributed by atoms with Gasteiger partial charge in [0.1, 0.15) is 0 Å². The number of hydrogen-bond donors (Lipinski definition) is 7. The number of nitrogens with one attached hydrogen (secondary N) is 4. The quantitative estimate of drug-likeness (QED) is 0.0666. The fourth-order valence-corrected chi connectivity index (χ4v) is 8.80. The molecule has 0 spiro atoms. The Hall–Kier alpha value is -2.84. The number of nitrogens with zero attached hydrogens (tertiary/aromatic N) is 1. The van der Waals surface area contributed by atoms with Crippen molar-refractivity contribution >= 4 is 85.6 Å². The zero-order valence-corrected chi connectivity index (χ0v) is 37.3. The zero-order chi connectivity index (χ0) is 37.9. The largest absolute Gasteiger partial charge is 0.481 e. The van der Waals surface area contributed by atoms with Crippen molar-refractivity contribution in [2.45, 2.75) is 51.6 Å². The molecule has 330 valence electrons. The van der Waals surface area contributed by atoms with Crippen LogP contribution >= 0.6 is 62.0 Å². The molecule has 3 aromatic rings. The Balaban J connectivity index is 0.00000348. The monoisotopic (exact) mass is 919 g/mol. The highest BCUT2D eigenvalue weighted by Gasteiger charge is 2.32. The number of carboxylic acid groups (broad SMARTS) is 3. The van der Waals surface area contributed by atoms with Gasteiger partial charge in [0.05, 0.1) is 17.8 Å². The van der Waals surface area contributed by atoms with Crippen molar-refractivity contribution in [3.8, 4) is 0 Å². The first-order valence-corrected chi connectivity index (χ1v) is 19.7. The molecule has 0 bridgehead atoms. The summed E-state index contributed by atoms with van der Waals surface area (Å²) in [5.41, 5.74) is 6.23. The molecule has 6 rings (SSSR count). The minimum atomic E-state index is -0.742. The van der Waals surface area contributed by atoms with Crippen LogP contribution in [0.3, 0.4) is 0 Å². The summed E-state index contributed by atoms with van der Waals surface area (Å²) in [5.74, 6) is -3.11. The fourth-order valence-electron chi connectivity index (χ4n) is 8.80. The van der Waals surface area contributed by atoms with Crippen LogP contribution in [0.2, 0.25) is 0 Å². The van der Waals surface area contributed by atoms with Crippen LogP contribution in [0, 0.1) is 35.5 Å². The van der Waals surface area contributed by atoms with E-state index in [1.165, 1.54) is 0 Å². The van der Waals surface area contributed by atoms with Crippen LogP contribution in [0.5, 0.6) is 0 Å². The average Bonchev–Trinajstić information content (AvgIpc) is 3.97. The highest BCUT2D eigenvalue weighted by Crippen LogP contribution is 2.27. The van der Waals surface area contributed by atoms with E-state index in [9.17, 15) is 29.7 Å². The molecule has 0 aliphatic carbocycles. The van der Waals surface area contributed by atoms with E-state index in [2.05, 4.69) is 56.5 Å². The van der Waals surface area contributed by atoms with E-state index in [4.69, 9.17) is 0 Å². The first kappa shape index (κ1) is 54.2. The Morgan fingerprint density at radius 2 is 0.915 bits per heavy atom. The lowest BCUT2D eigenvalue weighted by Gasteiger charge is -2.25. The molecule has 3 aromatic carbocycles. The Morgan fingerprint density at radius 3 is 1.27 bits per heavy atom. The number of rotatable bonds is 20. The van der Waals surface area contributed by atoms with E-state index >= 15 is 0 Å². The van der Waals surface area contributed by atoms with Gasteiger partial charge in [0.25, 0.3) is 0 Å². The maximum atomic E-state index is 12.3. The maximum Gasteiger partial charge on any atom is 0.307 e. The molecule has 11 nitrogen and oxygen atoms in total. The molecule has 3 fully saturated rings. The van der Waals surface area contributed by atoms with Crippen molar-refractivity contribution in [3.05, 3.63) is 101 Å². The average molecular weight is 922 g/mol. The Kier molecular flexibility index (Phi) is 25.0. The molecule has 0 radical (unpaired) electrons. The Labute approximate surface area is 379 Å². The van der Waals surface area contributed by atoms with Gasteiger partial charge in [-0.25, -0.2) is 0 Å². The molecule has 0 amide bonds. The second-order valence-electron chi connectivity index (χ2n) is 15.7. The summed E-state index contributed by atoms with van der Waals surface area (Å²) >= 11 is 0. The zero-order valence-electron chi connectivity index (χ0n) is 33.3. The maximum absolute atomic E-state index is 12.3. The fraction of sp³-hybridized carbons (Fsp3) is 0.512. The summed E-state index contributed by atoms with van der Waals surface area (Å²) in [6.07, 6.45) is 4.13. The number of halogens is 5. The van der Waals surface area contributed by atoms with Crippen LogP contribution in [0.1, 0.15) is 47.1 Å². The summed E-state index contributed by atoms with van der Waals surface area (Å²) in [6.45, 7) is 7.48. The highest BCUT2D eigenvalue weighted by molar-refractivity contribution is 5.86. The van der Waals surface area contributed by atoms with Crippen LogP contribution in [-0.2, 0) is 46.7 Å². The summed E-state index contributed by atoms with van der Waals surface area (Å²) in [5, 5.41) is 43.6. The number of carboxylic acids is 3. The summed E-state index contributed by atoms with van der Waals surface area (Å²) in [7, 11) is 0. The Bertz CT molecular complexity index is 1640. The number of carbonyl (C=O) groups is 3. The normalized spacial score (nSPS) is 19.7. The van der Waals surface area contributed by atoms with Gasteiger partial charge in [0.15, 0.2) is 0 Å². The van der Waals surface area contributed by atoms with Crippen molar-refractivity contribution in [2.75, 3.05) is 57.7 Å². The summed E-state index contributed by atoms with van der Waals surface area (Å²) in [4.78, 5) is 39.0. The predicted octanol–water partition coefficient (Wildman–Crippen LogP) is 6.47. The molecule has 59 heavy (non-hydrogen) atoms. The van der Waals surface area contributed by atoms with Gasteiger partial charge in [-0.15, -0.1) is 62.0 Å². The minimum absolute atomic E-state index is 0. The van der Waals surface area contributed by atoms with Crippen LogP contribution in [0.25, 0.3) is 0 Å². The Morgan fingerprint density at radius 1 is 0.559 bits per heavy atom. The van der Waals surface area contributed by atoms with Crippen LogP contribution < -0.4 is 21.3 Å². The third kappa shape index (κ3) is 16.2. The number of anilines is 1. The van der Waals surface area contributed by atoms with E-state index in [1.807, 2.05) is 42.5 Å². The van der Waals surface area contributed by atoms with Crippen molar-refractivity contribution in [1.29, 1.82) is 0 Å². The standard InChI is InChI=1S/C43H57N5O6.5ClH/c49-41(50)38(34-10-13-44-24-34)21-29-4-1-7-32(18-29)27-48(28-33-8-2-5-30(19-33)22-39(42(51)52)35-11-14-45-25-35)17-16-47-37-9-3-6-31(20-37)23-40(43(53)54)36-12-15-46-26-36;;;;;/h1-9,18-20,34-36,38-40,44-47H,10-17,21-28H2,(H,49,50)(H,51,52)(H,53,54);5*1H/t34-,35-,36-,38?,39?,40?;;;;;/m0...../s1. The molecule has 0 aromatic heterocycles. The van der Waals surface area contributed by atoms with E-state index in [1.54, 1.807) is 0 Å². The first-order chi connectivity index (χ1) is 26.2. The lowest BCUT2D eigenvalue weighted by molar-refractivity contribution is -0.144. The number of aliphatic carboxylic acids is 3. The van der Waals surface area contributed by atoms with E-state index < -0.39 is 35.7 Å². The molecule has 3 saturated heterocycles. The number of hydrogen-bond acceptors (Lipinski definition) is 8. The molecule has 3 unspecified atom stereocenters. The van der Waals surface area contributed by atoms with Crippen molar-refractivity contribution in [2.24, 2.45) is 35.5 Å². The van der Waals surface area contributed by atoms with Gasteiger partial charge >= 0.3 is 17.9 Å². The van der Waals surface area contributed by atoms with Gasteiger partial charge in [-0.1, -0.05) is 60.7 Å². The highest BCUT2D eigenvalue weighted by atomic mass is 35.5. The van der Waals surface area contributed by atoms with Gasteiger partial charge in [0, 0.05) is 31.9 Å². The molecule has 3 heterocycles. The summed E-state index contributed by atoms with van der Waals surface area (Å²) in [6, 6.07) is 24.7. The topological polar surface area (TPSA) is 163 Å². The second-order valence-corrected chi connectivity index (χ2v) is 15.7.